The fourth-order valence-corrected chi connectivity index (χ4v) is 5.07. The first kappa shape index (κ1) is 24.9. The lowest BCUT2D eigenvalue weighted by molar-refractivity contribution is 0.0584. The first-order valence-corrected chi connectivity index (χ1v) is 13.2. The molecule has 3 aromatic heterocycles. The van der Waals surface area contributed by atoms with Crippen molar-refractivity contribution in [3.05, 3.63) is 80.8 Å². The lowest BCUT2D eigenvalue weighted by atomic mass is 9.98. The molecular weight excluding hydrogens is 496 g/mol. The third-order valence-corrected chi connectivity index (χ3v) is 7.42. The molecule has 200 valence electrons. The number of ether oxygens (including phenoxy) is 1. The quantitative estimate of drug-likeness (QED) is 0.312. The summed E-state index contributed by atoms with van der Waals surface area (Å²) in [6.07, 6.45) is 2.12. The van der Waals surface area contributed by atoms with Crippen molar-refractivity contribution in [2.45, 2.75) is 52.4 Å². The van der Waals surface area contributed by atoms with Gasteiger partial charge in [-0.3, -0.25) is 9.36 Å². The molecule has 1 aliphatic rings. The minimum absolute atomic E-state index is 0.292. The number of hydrogen-bond donors (Lipinski definition) is 1. The molecule has 11 nitrogen and oxygen atoms in total. The van der Waals surface area contributed by atoms with Crippen molar-refractivity contribution in [1.29, 1.82) is 0 Å². The van der Waals surface area contributed by atoms with E-state index in [4.69, 9.17) is 9.72 Å². The number of imidazole rings is 1. The summed E-state index contributed by atoms with van der Waals surface area (Å²) in [4.78, 5) is 31.9. The molecule has 11 heteroatoms. The minimum atomic E-state index is -0.558. The van der Waals surface area contributed by atoms with Crippen LogP contribution in [0.5, 0.6) is 0 Å². The molecular formula is C28H30N8O3. The highest BCUT2D eigenvalue weighted by molar-refractivity contribution is 5.80. The molecule has 5 aromatic rings. The zero-order valence-corrected chi connectivity index (χ0v) is 22.2. The SMILES string of the molecule is CCc1nc2c(c(=O)n(CC3CC3)c(=O)n2C(C)OC)n1Cc1ccc(-c2ccccc2-c2nn[nH]n2)cc1. The van der Waals surface area contributed by atoms with Crippen LogP contribution < -0.4 is 11.2 Å². The fraction of sp³-hybridized carbons (Fsp3) is 0.357. The lowest BCUT2D eigenvalue weighted by Gasteiger charge is -2.17. The van der Waals surface area contributed by atoms with Gasteiger partial charge in [0.1, 0.15) is 12.1 Å². The van der Waals surface area contributed by atoms with Crippen LogP contribution >= 0.6 is 0 Å². The molecule has 0 saturated heterocycles. The van der Waals surface area contributed by atoms with E-state index in [1.807, 2.05) is 60.0 Å². The van der Waals surface area contributed by atoms with Crippen molar-refractivity contribution in [2.75, 3.05) is 7.11 Å². The van der Waals surface area contributed by atoms with E-state index in [0.717, 1.165) is 40.9 Å². The highest BCUT2D eigenvalue weighted by Gasteiger charge is 2.28. The maximum atomic E-state index is 13.7. The van der Waals surface area contributed by atoms with Crippen LogP contribution in [0.1, 0.15) is 44.3 Å². The number of nitrogens with one attached hydrogen (secondary N) is 1. The van der Waals surface area contributed by atoms with E-state index in [9.17, 15) is 9.59 Å². The van der Waals surface area contributed by atoms with Crippen LogP contribution in [0, 0.1) is 5.92 Å². The van der Waals surface area contributed by atoms with Gasteiger partial charge in [-0.15, -0.1) is 10.2 Å². The highest BCUT2D eigenvalue weighted by Crippen LogP contribution is 2.31. The van der Waals surface area contributed by atoms with Gasteiger partial charge in [0.2, 0.25) is 5.82 Å². The molecule has 1 atom stereocenters. The maximum absolute atomic E-state index is 13.7. The highest BCUT2D eigenvalue weighted by atomic mass is 16.5. The number of rotatable bonds is 9. The number of aromatic amines is 1. The number of fused-ring (bicyclic) bond motifs is 1. The Bertz CT molecular complexity index is 1740. The Morgan fingerprint density at radius 2 is 1.79 bits per heavy atom. The lowest BCUT2D eigenvalue weighted by Crippen LogP contribution is -2.42. The van der Waals surface area contributed by atoms with E-state index in [2.05, 4.69) is 20.6 Å². The van der Waals surface area contributed by atoms with Crippen molar-refractivity contribution >= 4 is 11.2 Å². The molecule has 1 aliphatic carbocycles. The fourth-order valence-electron chi connectivity index (χ4n) is 5.07. The maximum Gasteiger partial charge on any atom is 0.334 e. The Hall–Kier alpha value is -4.38. The van der Waals surface area contributed by atoms with Crippen LogP contribution in [0.4, 0.5) is 0 Å². The molecule has 6 rings (SSSR count). The topological polar surface area (TPSA) is 126 Å². The molecule has 1 unspecified atom stereocenters. The van der Waals surface area contributed by atoms with E-state index < -0.39 is 6.23 Å². The first-order valence-electron chi connectivity index (χ1n) is 13.2. The number of methoxy groups -OCH3 is 1. The number of H-pyrrole nitrogens is 1. The van der Waals surface area contributed by atoms with Crippen LogP contribution in [-0.2, 0) is 24.2 Å². The molecule has 0 amide bonds. The van der Waals surface area contributed by atoms with Crippen molar-refractivity contribution < 1.29 is 4.74 Å². The molecule has 3 heterocycles. The third kappa shape index (κ3) is 4.48. The summed E-state index contributed by atoms with van der Waals surface area (Å²) >= 11 is 0. The summed E-state index contributed by atoms with van der Waals surface area (Å²) < 4.78 is 10.3. The zero-order valence-electron chi connectivity index (χ0n) is 22.2. The summed E-state index contributed by atoms with van der Waals surface area (Å²) in [5, 5.41) is 14.5. The Kier molecular flexibility index (Phi) is 6.43. The second kappa shape index (κ2) is 10.1. The Morgan fingerprint density at radius 3 is 2.44 bits per heavy atom. The second-order valence-electron chi connectivity index (χ2n) is 9.96. The standard InChI is InChI=1S/C28H30N8O3/c1-4-23-29-26-24(27(37)35(16-18-9-10-18)28(38)36(26)17(2)39-3)34(23)15-19-11-13-20(14-12-19)21-7-5-6-8-22(21)25-30-32-33-31-25/h5-8,11-14,17-18H,4,9-10,15-16H2,1-3H3,(H,30,31,32,33). The average Bonchev–Trinajstić information content (AvgIpc) is 3.47. The average molecular weight is 527 g/mol. The summed E-state index contributed by atoms with van der Waals surface area (Å²) in [6.45, 7) is 4.67. The summed E-state index contributed by atoms with van der Waals surface area (Å²) in [7, 11) is 1.55. The number of tetrazole rings is 1. The van der Waals surface area contributed by atoms with Gasteiger partial charge in [0.25, 0.3) is 5.56 Å². The van der Waals surface area contributed by atoms with E-state index in [0.29, 0.717) is 42.4 Å². The molecule has 0 aliphatic heterocycles. The van der Waals surface area contributed by atoms with Gasteiger partial charge in [-0.1, -0.05) is 55.5 Å². The van der Waals surface area contributed by atoms with Crippen LogP contribution in [0.25, 0.3) is 33.7 Å². The molecule has 1 N–H and O–H groups in total. The predicted molar refractivity (Wildman–Crippen MR) is 146 cm³/mol. The van der Waals surface area contributed by atoms with Gasteiger partial charge < -0.3 is 9.30 Å². The number of aromatic nitrogens is 8. The Labute approximate surface area is 224 Å². The van der Waals surface area contributed by atoms with Gasteiger partial charge in [0.15, 0.2) is 11.2 Å². The van der Waals surface area contributed by atoms with Crippen LogP contribution in [-0.4, -0.2) is 46.4 Å². The van der Waals surface area contributed by atoms with Gasteiger partial charge in [-0.05, 0) is 47.6 Å². The van der Waals surface area contributed by atoms with Crippen molar-refractivity contribution in [1.82, 2.24) is 39.3 Å². The van der Waals surface area contributed by atoms with Gasteiger partial charge >= 0.3 is 5.69 Å². The molecule has 0 spiro atoms. The van der Waals surface area contributed by atoms with Gasteiger partial charge in [-0.2, -0.15) is 5.21 Å². The first-order chi connectivity index (χ1) is 19.0. The summed E-state index contributed by atoms with van der Waals surface area (Å²) in [6, 6.07) is 16.1. The van der Waals surface area contributed by atoms with Gasteiger partial charge in [0, 0.05) is 32.2 Å². The van der Waals surface area contributed by atoms with Crippen LogP contribution in [0.15, 0.2) is 58.1 Å². The van der Waals surface area contributed by atoms with Crippen molar-refractivity contribution in [2.24, 2.45) is 5.92 Å². The number of nitrogens with zero attached hydrogens (tertiary/aromatic N) is 7. The van der Waals surface area contributed by atoms with Crippen LogP contribution in [0.2, 0.25) is 0 Å². The van der Waals surface area contributed by atoms with Crippen molar-refractivity contribution in [3.8, 4) is 22.5 Å². The van der Waals surface area contributed by atoms with E-state index in [-0.39, 0.29) is 11.2 Å². The van der Waals surface area contributed by atoms with E-state index in [1.165, 1.54) is 9.13 Å². The largest absolute Gasteiger partial charge is 0.361 e. The molecule has 1 fully saturated rings. The molecule has 39 heavy (non-hydrogen) atoms. The minimum Gasteiger partial charge on any atom is -0.361 e. The number of hydrogen-bond acceptors (Lipinski definition) is 7. The molecule has 2 aromatic carbocycles. The summed E-state index contributed by atoms with van der Waals surface area (Å²) in [5.74, 6) is 1.64. The molecule has 0 bridgehead atoms. The number of benzene rings is 2. The van der Waals surface area contributed by atoms with E-state index in [1.54, 1.807) is 14.0 Å². The smallest absolute Gasteiger partial charge is 0.334 e. The Morgan fingerprint density at radius 1 is 1.05 bits per heavy atom. The second-order valence-corrected chi connectivity index (χ2v) is 9.96. The van der Waals surface area contributed by atoms with Crippen LogP contribution in [0.3, 0.4) is 0 Å². The Balaban J connectivity index is 1.43. The van der Waals surface area contributed by atoms with Gasteiger partial charge in [-0.25, -0.2) is 14.3 Å². The normalized spacial score (nSPS) is 14.2. The molecule has 1 saturated carbocycles. The monoisotopic (exact) mass is 526 g/mol. The zero-order chi connectivity index (χ0) is 27.1. The summed E-state index contributed by atoms with van der Waals surface area (Å²) in [5.41, 5.74) is 4.04. The van der Waals surface area contributed by atoms with Crippen molar-refractivity contribution in [3.63, 3.8) is 0 Å². The third-order valence-electron chi connectivity index (χ3n) is 7.42. The van der Waals surface area contributed by atoms with E-state index >= 15 is 0 Å². The van der Waals surface area contributed by atoms with Gasteiger partial charge in [0.05, 0.1) is 0 Å². The molecule has 0 radical (unpaired) electrons. The number of aryl methyl sites for hydroxylation is 1. The predicted octanol–water partition coefficient (Wildman–Crippen LogP) is 3.39.